The number of alkyl halides is 1. The molecular weight excluding hydrogens is 373 g/mol. The topological polar surface area (TPSA) is 22.1 Å². The Labute approximate surface area is 178 Å². The first-order chi connectivity index (χ1) is 14.7. The molecule has 0 N–H and O–H groups in total. The van der Waals surface area contributed by atoms with Gasteiger partial charge in [0.2, 0.25) is 0 Å². The van der Waals surface area contributed by atoms with E-state index in [-0.39, 0.29) is 0 Å². The molecule has 3 aromatic rings. The average Bonchev–Trinajstić information content (AvgIpc) is 2.78. The van der Waals surface area contributed by atoms with Crippen molar-refractivity contribution in [1.82, 2.24) is 4.98 Å². The summed E-state index contributed by atoms with van der Waals surface area (Å²) in [4.78, 5) is 4.62. The van der Waals surface area contributed by atoms with Crippen LogP contribution in [0.1, 0.15) is 31.7 Å². The van der Waals surface area contributed by atoms with Crippen LogP contribution < -0.4 is 4.74 Å². The van der Waals surface area contributed by atoms with Crippen molar-refractivity contribution in [3.63, 3.8) is 0 Å². The van der Waals surface area contributed by atoms with Crippen LogP contribution in [0.25, 0.3) is 28.5 Å². The van der Waals surface area contributed by atoms with E-state index < -0.39 is 6.17 Å². The Bertz CT molecular complexity index is 942. The van der Waals surface area contributed by atoms with Gasteiger partial charge in [0.05, 0.1) is 11.9 Å². The van der Waals surface area contributed by atoms with Gasteiger partial charge in [0.1, 0.15) is 12.4 Å². The van der Waals surface area contributed by atoms with Gasteiger partial charge >= 0.3 is 0 Å². The fraction of sp³-hybridized carbons (Fsp3) is 0.222. The van der Waals surface area contributed by atoms with Crippen molar-refractivity contribution in [2.45, 2.75) is 32.4 Å². The van der Waals surface area contributed by atoms with Crippen LogP contribution in [0.3, 0.4) is 0 Å². The van der Waals surface area contributed by atoms with Gasteiger partial charge in [-0.05, 0) is 67.6 Å². The molecule has 30 heavy (non-hydrogen) atoms. The molecule has 3 heteroatoms. The van der Waals surface area contributed by atoms with Crippen LogP contribution in [0, 0.1) is 0 Å². The molecular formula is C27H28FNO. The van der Waals surface area contributed by atoms with Gasteiger partial charge in [0.15, 0.2) is 0 Å². The zero-order valence-corrected chi connectivity index (χ0v) is 17.4. The van der Waals surface area contributed by atoms with Gasteiger partial charge in [0.25, 0.3) is 0 Å². The van der Waals surface area contributed by atoms with Crippen molar-refractivity contribution in [3.8, 4) is 28.1 Å². The molecule has 0 amide bonds. The maximum absolute atomic E-state index is 12.8. The monoisotopic (exact) mass is 401 g/mol. The Kier molecular flexibility index (Phi) is 7.96. The number of allylic oxidation sites excluding steroid dienone is 1. The molecule has 2 aromatic carbocycles. The second kappa shape index (κ2) is 11.1. The predicted molar refractivity (Wildman–Crippen MR) is 124 cm³/mol. The maximum Gasteiger partial charge on any atom is 0.119 e. The highest BCUT2D eigenvalue weighted by Crippen LogP contribution is 2.25. The molecule has 0 radical (unpaired) electrons. The van der Waals surface area contributed by atoms with E-state index in [2.05, 4.69) is 54.0 Å². The zero-order chi connectivity index (χ0) is 21.2. The number of rotatable bonds is 10. The SMILES string of the molecule is C=CCOc1ccc(-c2ccc(-c3ccc(/C=C/CCCC(C)F)cc3)cn2)cc1. The van der Waals surface area contributed by atoms with E-state index in [1.54, 1.807) is 13.0 Å². The van der Waals surface area contributed by atoms with Crippen LogP contribution in [0.4, 0.5) is 4.39 Å². The first kappa shape index (κ1) is 21.5. The molecule has 0 saturated carbocycles. The standard InChI is InChI=1S/C27H28FNO/c1-3-19-30-26-16-13-24(14-17-26)27-18-15-25(20-29-27)23-11-9-22(10-12-23)8-6-4-5-7-21(2)28/h3,6,8-18,20-21H,1,4-5,7,19H2,2H3/b8-6+. The van der Waals surface area contributed by atoms with Gasteiger partial charge in [-0.1, -0.05) is 55.1 Å². The number of nitrogens with zero attached hydrogens (tertiary/aromatic N) is 1. The lowest BCUT2D eigenvalue weighted by molar-refractivity contribution is 0.335. The Morgan fingerprint density at radius 1 is 0.967 bits per heavy atom. The molecule has 0 saturated heterocycles. The van der Waals surface area contributed by atoms with E-state index in [9.17, 15) is 4.39 Å². The van der Waals surface area contributed by atoms with Crippen LogP contribution in [-0.2, 0) is 0 Å². The number of hydrogen-bond acceptors (Lipinski definition) is 2. The summed E-state index contributed by atoms with van der Waals surface area (Å²) >= 11 is 0. The van der Waals surface area contributed by atoms with Crippen LogP contribution in [-0.4, -0.2) is 17.8 Å². The minimum absolute atomic E-state index is 0.499. The lowest BCUT2D eigenvalue weighted by atomic mass is 10.0. The van der Waals surface area contributed by atoms with Gasteiger partial charge in [-0.15, -0.1) is 0 Å². The van der Waals surface area contributed by atoms with Crippen LogP contribution >= 0.6 is 0 Å². The molecule has 1 aromatic heterocycles. The van der Waals surface area contributed by atoms with Crippen molar-refractivity contribution in [2.24, 2.45) is 0 Å². The number of ether oxygens (including phenoxy) is 1. The molecule has 3 rings (SSSR count). The largest absolute Gasteiger partial charge is 0.490 e. The summed E-state index contributed by atoms with van der Waals surface area (Å²) in [6.07, 6.45) is 9.54. The zero-order valence-electron chi connectivity index (χ0n) is 17.4. The molecule has 0 spiro atoms. The summed E-state index contributed by atoms with van der Waals surface area (Å²) in [5.74, 6) is 0.821. The van der Waals surface area contributed by atoms with Crippen molar-refractivity contribution in [1.29, 1.82) is 0 Å². The third-order valence-electron chi connectivity index (χ3n) is 4.81. The van der Waals surface area contributed by atoms with Crippen LogP contribution in [0.15, 0.2) is 85.6 Å². The summed E-state index contributed by atoms with van der Waals surface area (Å²) < 4.78 is 18.3. The van der Waals surface area contributed by atoms with Gasteiger partial charge in [-0.25, -0.2) is 4.39 Å². The van der Waals surface area contributed by atoms with Gasteiger partial charge in [-0.3, -0.25) is 4.98 Å². The third-order valence-corrected chi connectivity index (χ3v) is 4.81. The molecule has 0 bridgehead atoms. The number of benzene rings is 2. The van der Waals surface area contributed by atoms with Crippen molar-refractivity contribution >= 4 is 6.08 Å². The summed E-state index contributed by atoms with van der Waals surface area (Å²) in [5, 5.41) is 0. The Hall–Kier alpha value is -3.20. The Morgan fingerprint density at radius 3 is 2.30 bits per heavy atom. The Morgan fingerprint density at radius 2 is 1.67 bits per heavy atom. The molecule has 1 atom stereocenters. The van der Waals surface area contributed by atoms with E-state index in [4.69, 9.17) is 4.74 Å². The third kappa shape index (κ3) is 6.41. The fourth-order valence-corrected chi connectivity index (χ4v) is 3.14. The number of aromatic nitrogens is 1. The molecule has 0 fully saturated rings. The summed E-state index contributed by atoms with van der Waals surface area (Å²) in [7, 11) is 0. The smallest absolute Gasteiger partial charge is 0.119 e. The van der Waals surface area contributed by atoms with Crippen LogP contribution in [0.5, 0.6) is 5.75 Å². The average molecular weight is 402 g/mol. The van der Waals surface area contributed by atoms with Gasteiger partial charge in [-0.2, -0.15) is 0 Å². The summed E-state index contributed by atoms with van der Waals surface area (Å²) in [6.45, 7) is 5.76. The number of pyridine rings is 1. The van der Waals surface area contributed by atoms with Crippen LogP contribution in [0.2, 0.25) is 0 Å². The predicted octanol–water partition coefficient (Wildman–Crippen LogP) is 7.52. The van der Waals surface area contributed by atoms with Crippen molar-refractivity contribution in [3.05, 3.63) is 91.2 Å². The highest BCUT2D eigenvalue weighted by atomic mass is 19.1. The second-order valence-corrected chi connectivity index (χ2v) is 7.29. The second-order valence-electron chi connectivity index (χ2n) is 7.29. The van der Waals surface area contributed by atoms with Crippen molar-refractivity contribution < 1.29 is 9.13 Å². The maximum atomic E-state index is 12.8. The molecule has 0 aliphatic rings. The number of hydrogen-bond donors (Lipinski definition) is 0. The van der Waals surface area contributed by atoms with E-state index >= 15 is 0 Å². The van der Waals surface area contributed by atoms with E-state index in [0.717, 1.165) is 46.5 Å². The molecule has 0 aliphatic carbocycles. The molecule has 2 nitrogen and oxygen atoms in total. The molecule has 1 heterocycles. The normalized spacial score (nSPS) is 12.1. The van der Waals surface area contributed by atoms with Gasteiger partial charge in [0, 0.05) is 17.3 Å². The number of halogens is 1. The Balaban J connectivity index is 1.60. The highest BCUT2D eigenvalue weighted by Gasteiger charge is 2.03. The molecule has 1 unspecified atom stereocenters. The summed E-state index contributed by atoms with van der Waals surface area (Å²) in [5.41, 5.74) is 5.34. The lowest BCUT2D eigenvalue weighted by Gasteiger charge is -2.07. The van der Waals surface area contributed by atoms with E-state index in [1.807, 2.05) is 36.5 Å². The quantitative estimate of drug-likeness (QED) is 0.259. The fourth-order valence-electron chi connectivity index (χ4n) is 3.14. The lowest BCUT2D eigenvalue weighted by Crippen LogP contribution is -1.92. The molecule has 0 aliphatic heterocycles. The first-order valence-corrected chi connectivity index (χ1v) is 10.4. The minimum atomic E-state index is -0.714. The van der Waals surface area contributed by atoms with Crippen molar-refractivity contribution in [2.75, 3.05) is 6.61 Å². The van der Waals surface area contributed by atoms with E-state index in [1.165, 1.54) is 0 Å². The first-order valence-electron chi connectivity index (χ1n) is 10.4. The number of unbranched alkanes of at least 4 members (excludes halogenated alkanes) is 1. The highest BCUT2D eigenvalue weighted by molar-refractivity contribution is 5.68. The minimum Gasteiger partial charge on any atom is -0.490 e. The summed E-state index contributed by atoms with van der Waals surface area (Å²) in [6, 6.07) is 20.4. The van der Waals surface area contributed by atoms with E-state index in [0.29, 0.717) is 13.0 Å². The molecule has 154 valence electrons. The van der Waals surface area contributed by atoms with Gasteiger partial charge < -0.3 is 4.74 Å².